The molecule has 2 aromatic carbocycles. The van der Waals surface area contributed by atoms with Crippen molar-refractivity contribution in [3.05, 3.63) is 59.2 Å². The van der Waals surface area contributed by atoms with Crippen LogP contribution in [0.1, 0.15) is 16.7 Å². The number of benzene rings is 2. The van der Waals surface area contributed by atoms with E-state index in [9.17, 15) is 13.2 Å². The highest BCUT2D eigenvalue weighted by Gasteiger charge is 2.26. The molecule has 2 aromatic rings. The van der Waals surface area contributed by atoms with E-state index in [0.717, 1.165) is 11.1 Å². The minimum absolute atomic E-state index is 0.137. The third-order valence-corrected chi connectivity index (χ3v) is 6.62. The fourth-order valence-corrected chi connectivity index (χ4v) is 4.47. The number of nitrogens with zero attached hydrogens (tertiary/aromatic N) is 1. The summed E-state index contributed by atoms with van der Waals surface area (Å²) < 4.78 is 37.7. The topological polar surface area (TPSA) is 84.9 Å². The summed E-state index contributed by atoms with van der Waals surface area (Å²) in [5.74, 6) is 0.242. The van der Waals surface area contributed by atoms with E-state index in [2.05, 4.69) is 5.32 Å². The summed E-state index contributed by atoms with van der Waals surface area (Å²) in [4.78, 5) is 12.3. The van der Waals surface area contributed by atoms with Crippen LogP contribution in [0.15, 0.2) is 47.4 Å². The summed E-state index contributed by atoms with van der Waals surface area (Å²) in [6.45, 7) is 5.56. The minimum Gasteiger partial charge on any atom is -0.484 e. The first-order valence-corrected chi connectivity index (χ1v) is 10.9. The van der Waals surface area contributed by atoms with Crippen LogP contribution < -0.4 is 10.1 Å². The maximum atomic E-state index is 12.7. The van der Waals surface area contributed by atoms with Crippen molar-refractivity contribution in [3.63, 3.8) is 0 Å². The van der Waals surface area contributed by atoms with Gasteiger partial charge in [0.25, 0.3) is 5.91 Å². The first-order valence-electron chi connectivity index (χ1n) is 9.50. The van der Waals surface area contributed by atoms with Gasteiger partial charge in [-0.2, -0.15) is 4.31 Å². The summed E-state index contributed by atoms with van der Waals surface area (Å²) in [5.41, 5.74) is 2.83. The van der Waals surface area contributed by atoms with Gasteiger partial charge >= 0.3 is 0 Å². The van der Waals surface area contributed by atoms with E-state index in [0.29, 0.717) is 44.2 Å². The first kappa shape index (κ1) is 21.3. The van der Waals surface area contributed by atoms with Gasteiger partial charge in [-0.3, -0.25) is 4.79 Å². The summed E-state index contributed by atoms with van der Waals surface area (Å²) in [7, 11) is -3.56. The van der Waals surface area contributed by atoms with Gasteiger partial charge in [-0.05, 0) is 43.2 Å². The zero-order chi connectivity index (χ0) is 20.9. The molecule has 1 aliphatic heterocycles. The van der Waals surface area contributed by atoms with Gasteiger partial charge < -0.3 is 14.8 Å². The molecule has 1 aliphatic rings. The van der Waals surface area contributed by atoms with E-state index in [4.69, 9.17) is 9.47 Å². The maximum Gasteiger partial charge on any atom is 0.258 e. The van der Waals surface area contributed by atoms with Gasteiger partial charge in [-0.1, -0.05) is 29.8 Å². The number of hydrogen-bond donors (Lipinski definition) is 1. The molecule has 1 saturated heterocycles. The summed E-state index contributed by atoms with van der Waals surface area (Å²) in [5, 5.41) is 2.81. The molecule has 1 N–H and O–H groups in total. The lowest BCUT2D eigenvalue weighted by Crippen LogP contribution is -2.40. The number of carbonyl (C=O) groups excluding carboxylic acids is 1. The number of amides is 1. The van der Waals surface area contributed by atoms with Crippen molar-refractivity contribution in [2.75, 3.05) is 32.9 Å². The molecule has 0 atom stereocenters. The summed E-state index contributed by atoms with van der Waals surface area (Å²) in [6.07, 6.45) is 0. The fraction of sp³-hybridized carbons (Fsp3) is 0.381. The van der Waals surface area contributed by atoms with Gasteiger partial charge in [-0.25, -0.2) is 8.42 Å². The lowest BCUT2D eigenvalue weighted by Gasteiger charge is -2.26. The van der Waals surface area contributed by atoms with E-state index >= 15 is 0 Å². The lowest BCUT2D eigenvalue weighted by atomic mass is 10.1. The molecule has 3 rings (SSSR count). The number of sulfonamides is 1. The van der Waals surface area contributed by atoms with Crippen molar-refractivity contribution < 1.29 is 22.7 Å². The Hall–Kier alpha value is -2.42. The molecule has 0 unspecified atom stereocenters. The average Bonchev–Trinajstić information content (AvgIpc) is 2.73. The van der Waals surface area contributed by atoms with Crippen molar-refractivity contribution in [2.24, 2.45) is 0 Å². The molecule has 0 aliphatic carbocycles. The molecule has 1 fully saturated rings. The molecule has 0 spiro atoms. The number of ether oxygens (including phenoxy) is 2. The van der Waals surface area contributed by atoms with Crippen molar-refractivity contribution >= 4 is 15.9 Å². The van der Waals surface area contributed by atoms with Gasteiger partial charge in [0, 0.05) is 19.6 Å². The Kier molecular flexibility index (Phi) is 6.89. The first-order chi connectivity index (χ1) is 13.9. The molecule has 0 bridgehead atoms. The number of nitrogens with one attached hydrogen (secondary N) is 1. The zero-order valence-corrected chi connectivity index (χ0v) is 17.5. The Labute approximate surface area is 171 Å². The largest absolute Gasteiger partial charge is 0.484 e. The predicted molar refractivity (Wildman–Crippen MR) is 109 cm³/mol. The van der Waals surface area contributed by atoms with Crippen LogP contribution in [0.4, 0.5) is 0 Å². The summed E-state index contributed by atoms with van der Waals surface area (Å²) >= 11 is 0. The molecule has 7 nitrogen and oxygen atoms in total. The van der Waals surface area contributed by atoms with Crippen LogP contribution in [0, 0.1) is 13.8 Å². The number of aryl methyl sites for hydroxylation is 2. The number of carbonyl (C=O) groups is 1. The molecule has 0 radical (unpaired) electrons. The Morgan fingerprint density at radius 1 is 1.10 bits per heavy atom. The fourth-order valence-electron chi connectivity index (χ4n) is 2.98. The highest BCUT2D eigenvalue weighted by atomic mass is 32.2. The maximum absolute atomic E-state index is 12.7. The molecule has 1 heterocycles. The summed E-state index contributed by atoms with van der Waals surface area (Å²) in [6, 6.07) is 12.6. The van der Waals surface area contributed by atoms with Crippen molar-refractivity contribution in [1.82, 2.24) is 9.62 Å². The molecular weight excluding hydrogens is 392 g/mol. The van der Waals surface area contributed by atoms with E-state index in [1.807, 2.05) is 31.2 Å². The molecule has 29 heavy (non-hydrogen) atoms. The van der Waals surface area contributed by atoms with Crippen LogP contribution in [0.5, 0.6) is 5.75 Å². The second-order valence-electron chi connectivity index (χ2n) is 6.99. The Balaban J connectivity index is 1.56. The Bertz CT molecular complexity index is 952. The predicted octanol–water partition coefficient (Wildman–Crippen LogP) is 2.02. The van der Waals surface area contributed by atoms with Crippen LogP contribution in [0.25, 0.3) is 0 Å². The molecule has 156 valence electrons. The Morgan fingerprint density at radius 2 is 1.79 bits per heavy atom. The van der Waals surface area contributed by atoms with Gasteiger partial charge in [0.05, 0.1) is 18.1 Å². The third kappa shape index (κ3) is 5.56. The van der Waals surface area contributed by atoms with Crippen LogP contribution in [0.3, 0.4) is 0 Å². The smallest absolute Gasteiger partial charge is 0.258 e. The molecule has 0 aromatic heterocycles. The standard InChI is InChI=1S/C21H26N2O5S/c1-16-3-5-18(6-4-16)14-22-21(24)15-28-20-8-7-19(13-17(20)2)29(25,26)23-9-11-27-12-10-23/h3-8,13H,9-12,14-15H2,1-2H3,(H,22,24). The van der Waals surface area contributed by atoms with Crippen LogP contribution in [-0.2, 0) is 26.1 Å². The highest BCUT2D eigenvalue weighted by Crippen LogP contribution is 2.24. The van der Waals surface area contributed by atoms with E-state index in [1.165, 1.54) is 10.4 Å². The van der Waals surface area contributed by atoms with Crippen LogP contribution in [0.2, 0.25) is 0 Å². The van der Waals surface area contributed by atoms with Gasteiger partial charge in [-0.15, -0.1) is 0 Å². The monoisotopic (exact) mass is 418 g/mol. The van der Waals surface area contributed by atoms with Crippen molar-refractivity contribution in [2.45, 2.75) is 25.3 Å². The lowest BCUT2D eigenvalue weighted by molar-refractivity contribution is -0.123. The average molecular weight is 419 g/mol. The second-order valence-corrected chi connectivity index (χ2v) is 8.93. The van der Waals surface area contributed by atoms with Gasteiger partial charge in [0.2, 0.25) is 10.0 Å². The number of hydrogen-bond acceptors (Lipinski definition) is 5. The molecular formula is C21H26N2O5S. The molecule has 8 heteroatoms. The number of morpholine rings is 1. The minimum atomic E-state index is -3.56. The van der Waals surface area contributed by atoms with Gasteiger partial charge in [0.1, 0.15) is 5.75 Å². The zero-order valence-electron chi connectivity index (χ0n) is 16.7. The van der Waals surface area contributed by atoms with Gasteiger partial charge in [0.15, 0.2) is 6.61 Å². The number of rotatable bonds is 7. The Morgan fingerprint density at radius 3 is 2.45 bits per heavy atom. The highest BCUT2D eigenvalue weighted by molar-refractivity contribution is 7.89. The SMILES string of the molecule is Cc1ccc(CNC(=O)COc2ccc(S(=O)(=O)N3CCOCC3)cc2C)cc1. The van der Waals surface area contributed by atoms with Crippen LogP contribution in [-0.4, -0.2) is 51.5 Å². The normalized spacial score (nSPS) is 15.1. The molecule has 0 saturated carbocycles. The van der Waals surface area contributed by atoms with E-state index in [1.54, 1.807) is 19.1 Å². The second kappa shape index (κ2) is 9.39. The van der Waals surface area contributed by atoms with Crippen LogP contribution >= 0.6 is 0 Å². The van der Waals surface area contributed by atoms with E-state index in [-0.39, 0.29) is 17.4 Å². The quantitative estimate of drug-likeness (QED) is 0.744. The third-order valence-electron chi connectivity index (χ3n) is 4.72. The van der Waals surface area contributed by atoms with Crippen molar-refractivity contribution in [1.29, 1.82) is 0 Å². The van der Waals surface area contributed by atoms with E-state index < -0.39 is 10.0 Å². The molecule has 1 amide bonds. The van der Waals surface area contributed by atoms with Crippen molar-refractivity contribution in [3.8, 4) is 5.75 Å².